The molecule has 1 aliphatic carbocycles. The number of ether oxygens (including phenoxy) is 1. The summed E-state index contributed by atoms with van der Waals surface area (Å²) in [5, 5.41) is 19.8. The van der Waals surface area contributed by atoms with Gasteiger partial charge in [0, 0.05) is 19.4 Å². The number of rotatable bonds is 9. The highest BCUT2D eigenvalue weighted by Gasteiger charge is 2.32. The summed E-state index contributed by atoms with van der Waals surface area (Å²) in [4.78, 5) is 33.1. The summed E-state index contributed by atoms with van der Waals surface area (Å²) in [7, 11) is 0. The van der Waals surface area contributed by atoms with Crippen LogP contribution in [-0.2, 0) is 19.1 Å². The van der Waals surface area contributed by atoms with E-state index in [0.717, 1.165) is 12.8 Å². The van der Waals surface area contributed by atoms with E-state index in [1.54, 1.807) is 0 Å². The maximum atomic E-state index is 11.7. The van der Waals surface area contributed by atoms with Gasteiger partial charge in [0.1, 0.15) is 6.04 Å². The Balaban J connectivity index is 2.28. The largest absolute Gasteiger partial charge is 0.481 e. The van der Waals surface area contributed by atoms with Gasteiger partial charge in [-0.3, -0.25) is 9.59 Å². The van der Waals surface area contributed by atoms with E-state index in [1.165, 1.54) is 0 Å². The van der Waals surface area contributed by atoms with Crippen molar-refractivity contribution in [1.82, 2.24) is 5.32 Å². The van der Waals surface area contributed by atoms with Gasteiger partial charge in [-0.15, -0.1) is 0 Å². The van der Waals surface area contributed by atoms with E-state index in [9.17, 15) is 14.4 Å². The molecule has 1 atom stereocenters. The molecule has 0 unspecified atom stereocenters. The van der Waals surface area contributed by atoms with Crippen molar-refractivity contribution in [2.75, 3.05) is 6.61 Å². The van der Waals surface area contributed by atoms with Crippen molar-refractivity contribution >= 4 is 17.8 Å². The molecule has 0 aromatic heterocycles. The summed E-state index contributed by atoms with van der Waals surface area (Å²) in [6, 6.07) is -1.14. The van der Waals surface area contributed by atoms with Crippen LogP contribution in [0.3, 0.4) is 0 Å². The third kappa shape index (κ3) is 5.56. The minimum Gasteiger partial charge on any atom is -0.481 e. The molecule has 0 aromatic rings. The molecule has 1 aliphatic rings. The number of aliphatic carboxylic acids is 2. The third-order valence-electron chi connectivity index (χ3n) is 3.35. The van der Waals surface area contributed by atoms with Gasteiger partial charge in [0.05, 0.1) is 6.10 Å². The first-order valence-electron chi connectivity index (χ1n) is 6.78. The Labute approximate surface area is 117 Å². The number of carboxylic acid groups (broad SMARTS) is 2. The Kier molecular flexibility index (Phi) is 6.44. The van der Waals surface area contributed by atoms with Gasteiger partial charge in [-0.05, 0) is 32.1 Å². The topological polar surface area (TPSA) is 113 Å². The number of carbonyl (C=O) groups is 3. The van der Waals surface area contributed by atoms with Gasteiger partial charge in [0.2, 0.25) is 5.91 Å². The van der Waals surface area contributed by atoms with Crippen molar-refractivity contribution < 1.29 is 29.3 Å². The number of amides is 1. The molecule has 1 fully saturated rings. The molecular formula is C13H21NO6. The van der Waals surface area contributed by atoms with Crippen LogP contribution in [0.4, 0.5) is 0 Å². The first-order valence-corrected chi connectivity index (χ1v) is 6.78. The molecule has 1 saturated carbocycles. The van der Waals surface area contributed by atoms with E-state index in [4.69, 9.17) is 14.9 Å². The van der Waals surface area contributed by atoms with Gasteiger partial charge >= 0.3 is 11.9 Å². The molecule has 0 aliphatic heterocycles. The molecule has 0 saturated heterocycles. The molecule has 0 spiro atoms. The van der Waals surface area contributed by atoms with Gasteiger partial charge in [-0.2, -0.15) is 0 Å². The average Bonchev–Trinajstić information content (AvgIpc) is 2.31. The molecule has 3 N–H and O–H groups in total. The second kappa shape index (κ2) is 7.84. The number of hydrogen-bond donors (Lipinski definition) is 3. The van der Waals surface area contributed by atoms with Crippen molar-refractivity contribution in [2.45, 2.75) is 51.2 Å². The molecule has 0 heterocycles. The molecule has 7 heteroatoms. The van der Waals surface area contributed by atoms with Gasteiger partial charge in [-0.25, -0.2) is 4.79 Å². The van der Waals surface area contributed by atoms with E-state index in [2.05, 4.69) is 5.32 Å². The zero-order valence-corrected chi connectivity index (χ0v) is 11.5. The van der Waals surface area contributed by atoms with Crippen molar-refractivity contribution in [2.24, 2.45) is 5.92 Å². The lowest BCUT2D eigenvalue weighted by Gasteiger charge is -2.34. The summed E-state index contributed by atoms with van der Waals surface area (Å²) in [5.41, 5.74) is 0. The summed E-state index contributed by atoms with van der Waals surface area (Å²) in [6.45, 7) is 2.57. The van der Waals surface area contributed by atoms with Crippen LogP contribution in [-0.4, -0.2) is 46.8 Å². The Bertz CT molecular complexity index is 364. The van der Waals surface area contributed by atoms with E-state index in [0.29, 0.717) is 6.61 Å². The molecular weight excluding hydrogens is 266 g/mol. The van der Waals surface area contributed by atoms with Crippen molar-refractivity contribution in [1.29, 1.82) is 0 Å². The molecule has 7 nitrogen and oxygen atoms in total. The van der Waals surface area contributed by atoms with E-state index >= 15 is 0 Å². The summed E-state index contributed by atoms with van der Waals surface area (Å²) < 4.78 is 5.38. The SMILES string of the molecule is CCOC1CC(CC(=O)N[C@@H](CCC(=O)O)C(=O)O)C1. The van der Waals surface area contributed by atoms with Crippen LogP contribution in [0.15, 0.2) is 0 Å². The predicted molar refractivity (Wildman–Crippen MR) is 69.2 cm³/mol. The summed E-state index contributed by atoms with van der Waals surface area (Å²) in [5.74, 6) is -2.41. The molecule has 114 valence electrons. The molecule has 20 heavy (non-hydrogen) atoms. The first-order chi connectivity index (χ1) is 9.42. The highest BCUT2D eigenvalue weighted by atomic mass is 16.5. The standard InChI is InChI=1S/C13H21NO6/c1-2-20-9-5-8(6-9)7-11(15)14-10(13(18)19)3-4-12(16)17/h8-10H,2-7H2,1H3,(H,14,15)(H,16,17)(H,18,19)/t8?,9?,10-/m0/s1. The van der Waals surface area contributed by atoms with E-state index in [-0.39, 0.29) is 37.2 Å². The number of carboxylic acids is 2. The van der Waals surface area contributed by atoms with Crippen LogP contribution in [0.2, 0.25) is 0 Å². The normalized spacial score (nSPS) is 22.6. The minimum atomic E-state index is -1.21. The lowest BCUT2D eigenvalue weighted by atomic mass is 9.80. The smallest absolute Gasteiger partial charge is 0.326 e. The van der Waals surface area contributed by atoms with Crippen LogP contribution in [0, 0.1) is 5.92 Å². The molecule has 1 amide bonds. The van der Waals surface area contributed by atoms with E-state index < -0.39 is 18.0 Å². The number of nitrogens with one attached hydrogen (secondary N) is 1. The molecule has 1 rings (SSSR count). The minimum absolute atomic E-state index is 0.108. The van der Waals surface area contributed by atoms with Crippen molar-refractivity contribution in [3.05, 3.63) is 0 Å². The second-order valence-corrected chi connectivity index (χ2v) is 5.01. The van der Waals surface area contributed by atoms with Gasteiger partial charge in [0.25, 0.3) is 0 Å². The van der Waals surface area contributed by atoms with Crippen LogP contribution in [0.25, 0.3) is 0 Å². The van der Waals surface area contributed by atoms with Gasteiger partial charge < -0.3 is 20.3 Å². The molecule has 0 aromatic carbocycles. The van der Waals surface area contributed by atoms with Crippen LogP contribution < -0.4 is 5.32 Å². The second-order valence-electron chi connectivity index (χ2n) is 5.01. The Morgan fingerprint density at radius 1 is 1.30 bits per heavy atom. The van der Waals surface area contributed by atoms with E-state index in [1.807, 2.05) is 6.92 Å². The monoisotopic (exact) mass is 287 g/mol. The number of hydrogen-bond acceptors (Lipinski definition) is 4. The van der Waals surface area contributed by atoms with Crippen LogP contribution in [0.1, 0.15) is 39.0 Å². The zero-order valence-electron chi connectivity index (χ0n) is 11.5. The zero-order chi connectivity index (χ0) is 15.1. The fourth-order valence-electron chi connectivity index (χ4n) is 2.25. The Hall–Kier alpha value is -1.63. The Morgan fingerprint density at radius 3 is 2.45 bits per heavy atom. The lowest BCUT2D eigenvalue weighted by molar-refractivity contribution is -0.143. The summed E-state index contributed by atoms with van der Waals surface area (Å²) >= 11 is 0. The van der Waals surface area contributed by atoms with Gasteiger partial charge in [0.15, 0.2) is 0 Å². The molecule has 0 bridgehead atoms. The predicted octanol–water partition coefficient (Wildman–Crippen LogP) is 0.626. The third-order valence-corrected chi connectivity index (χ3v) is 3.35. The fraction of sp³-hybridized carbons (Fsp3) is 0.769. The maximum Gasteiger partial charge on any atom is 0.326 e. The van der Waals surface area contributed by atoms with Crippen molar-refractivity contribution in [3.63, 3.8) is 0 Å². The highest BCUT2D eigenvalue weighted by molar-refractivity contribution is 5.84. The molecule has 0 radical (unpaired) electrons. The van der Waals surface area contributed by atoms with Crippen molar-refractivity contribution in [3.8, 4) is 0 Å². The highest BCUT2D eigenvalue weighted by Crippen LogP contribution is 2.32. The summed E-state index contributed by atoms with van der Waals surface area (Å²) in [6.07, 6.45) is 1.71. The lowest BCUT2D eigenvalue weighted by Crippen LogP contribution is -2.43. The number of carbonyl (C=O) groups excluding carboxylic acids is 1. The fourth-order valence-corrected chi connectivity index (χ4v) is 2.25. The quantitative estimate of drug-likeness (QED) is 0.573. The Morgan fingerprint density at radius 2 is 1.95 bits per heavy atom. The van der Waals surface area contributed by atoms with Gasteiger partial charge in [-0.1, -0.05) is 0 Å². The first kappa shape index (κ1) is 16.4. The van der Waals surface area contributed by atoms with Crippen LogP contribution >= 0.6 is 0 Å². The maximum absolute atomic E-state index is 11.7. The average molecular weight is 287 g/mol. The van der Waals surface area contributed by atoms with Crippen LogP contribution in [0.5, 0.6) is 0 Å².